The van der Waals surface area contributed by atoms with Crippen LogP contribution in [-0.4, -0.2) is 27.0 Å². The minimum Gasteiger partial charge on any atom is -0.506 e. The fraction of sp³-hybridized carbons (Fsp3) is 0.0556. The molecule has 2 aromatic carbocycles. The van der Waals surface area contributed by atoms with Crippen molar-refractivity contribution in [2.45, 2.75) is 6.54 Å². The van der Waals surface area contributed by atoms with Crippen molar-refractivity contribution in [3.05, 3.63) is 80.5 Å². The Bertz CT molecular complexity index is 956. The van der Waals surface area contributed by atoms with Gasteiger partial charge in [-0.15, -0.1) is 0 Å². The lowest BCUT2D eigenvalue weighted by Crippen LogP contribution is -2.18. The fourth-order valence-corrected chi connectivity index (χ4v) is 3.56. The number of phenolic OH excluding ortho intramolecular Hbond substituents is 1. The highest BCUT2D eigenvalue weighted by Gasteiger charge is 2.07. The Balaban J connectivity index is 1.69. The van der Waals surface area contributed by atoms with Crippen molar-refractivity contribution in [1.29, 1.82) is 0 Å². The van der Waals surface area contributed by atoms with E-state index < -0.39 is 0 Å². The Morgan fingerprint density at radius 2 is 2.12 bits per heavy atom. The molecule has 1 amide bonds. The van der Waals surface area contributed by atoms with Gasteiger partial charge in [-0.05, 0) is 51.8 Å². The standard InChI is InChI=1S/C18H14Br2N4O2/c19-15-8-14(17(25)16(20)9-15)10-21-23-18(26)13-4-1-3-12(7-13)11-24-6-2-5-22-24/h1-10,25H,11H2,(H,23,26). The van der Waals surface area contributed by atoms with Crippen LogP contribution in [0.25, 0.3) is 0 Å². The second-order valence-corrected chi connectivity index (χ2v) is 7.20. The average Bonchev–Trinajstić information content (AvgIpc) is 3.12. The third-order valence-corrected chi connectivity index (χ3v) is 4.58. The van der Waals surface area contributed by atoms with E-state index in [0.29, 0.717) is 22.1 Å². The summed E-state index contributed by atoms with van der Waals surface area (Å²) in [6, 6.07) is 12.5. The van der Waals surface area contributed by atoms with Crippen LogP contribution in [-0.2, 0) is 6.54 Å². The minimum absolute atomic E-state index is 0.0485. The van der Waals surface area contributed by atoms with Crippen molar-refractivity contribution >= 4 is 44.0 Å². The molecule has 0 spiro atoms. The number of phenols is 1. The number of halogens is 2. The van der Waals surface area contributed by atoms with Crippen LogP contribution in [0.2, 0.25) is 0 Å². The van der Waals surface area contributed by atoms with Crippen LogP contribution in [0.4, 0.5) is 0 Å². The van der Waals surface area contributed by atoms with Gasteiger partial charge in [-0.3, -0.25) is 9.48 Å². The quantitative estimate of drug-likeness (QED) is 0.431. The van der Waals surface area contributed by atoms with E-state index >= 15 is 0 Å². The minimum atomic E-state index is -0.336. The molecule has 132 valence electrons. The van der Waals surface area contributed by atoms with Crippen molar-refractivity contribution in [3.63, 3.8) is 0 Å². The Morgan fingerprint density at radius 3 is 2.88 bits per heavy atom. The predicted molar refractivity (Wildman–Crippen MR) is 106 cm³/mol. The van der Waals surface area contributed by atoms with Gasteiger partial charge >= 0.3 is 0 Å². The topological polar surface area (TPSA) is 79.5 Å². The largest absolute Gasteiger partial charge is 0.506 e. The summed E-state index contributed by atoms with van der Waals surface area (Å²) in [7, 11) is 0. The molecule has 26 heavy (non-hydrogen) atoms. The lowest BCUT2D eigenvalue weighted by molar-refractivity contribution is 0.0955. The highest BCUT2D eigenvalue weighted by atomic mass is 79.9. The van der Waals surface area contributed by atoms with Gasteiger partial charge in [0, 0.05) is 28.0 Å². The second-order valence-electron chi connectivity index (χ2n) is 5.43. The molecule has 0 bridgehead atoms. The highest BCUT2D eigenvalue weighted by molar-refractivity contribution is 9.11. The maximum atomic E-state index is 12.3. The molecule has 0 atom stereocenters. The zero-order valence-corrected chi connectivity index (χ0v) is 16.6. The Hall–Kier alpha value is -2.45. The van der Waals surface area contributed by atoms with Gasteiger partial charge in [-0.2, -0.15) is 10.2 Å². The lowest BCUT2D eigenvalue weighted by atomic mass is 10.1. The van der Waals surface area contributed by atoms with Crippen molar-refractivity contribution in [2.75, 3.05) is 0 Å². The Morgan fingerprint density at radius 1 is 1.27 bits per heavy atom. The zero-order chi connectivity index (χ0) is 18.5. The summed E-state index contributed by atoms with van der Waals surface area (Å²) in [4.78, 5) is 12.3. The summed E-state index contributed by atoms with van der Waals surface area (Å²) >= 11 is 6.59. The number of hydrogen-bond donors (Lipinski definition) is 2. The number of nitrogens with zero attached hydrogens (tertiary/aromatic N) is 3. The molecule has 0 aliphatic carbocycles. The number of benzene rings is 2. The van der Waals surface area contributed by atoms with Crippen molar-refractivity contribution in [3.8, 4) is 5.75 Å². The van der Waals surface area contributed by atoms with Gasteiger partial charge in [0.15, 0.2) is 0 Å². The van der Waals surface area contributed by atoms with E-state index in [0.717, 1.165) is 10.0 Å². The van der Waals surface area contributed by atoms with Gasteiger partial charge < -0.3 is 5.11 Å². The molecule has 0 aliphatic rings. The molecule has 3 aromatic rings. The maximum absolute atomic E-state index is 12.3. The molecule has 2 N–H and O–H groups in total. The van der Waals surface area contributed by atoms with Gasteiger partial charge in [0.2, 0.25) is 0 Å². The smallest absolute Gasteiger partial charge is 0.271 e. The lowest BCUT2D eigenvalue weighted by Gasteiger charge is -2.05. The number of hydrogen-bond acceptors (Lipinski definition) is 4. The van der Waals surface area contributed by atoms with Crippen molar-refractivity contribution in [1.82, 2.24) is 15.2 Å². The van der Waals surface area contributed by atoms with Gasteiger partial charge in [0.25, 0.3) is 5.91 Å². The van der Waals surface area contributed by atoms with Crippen LogP contribution in [0.1, 0.15) is 21.5 Å². The third-order valence-electron chi connectivity index (χ3n) is 3.52. The van der Waals surface area contributed by atoms with Crippen LogP contribution >= 0.6 is 31.9 Å². The summed E-state index contributed by atoms with van der Waals surface area (Å²) in [6.45, 7) is 0.581. The van der Waals surface area contributed by atoms with E-state index in [-0.39, 0.29) is 11.7 Å². The highest BCUT2D eigenvalue weighted by Crippen LogP contribution is 2.30. The first-order chi connectivity index (χ1) is 12.5. The monoisotopic (exact) mass is 476 g/mol. The Labute approximate surface area is 166 Å². The number of hydrazone groups is 1. The fourth-order valence-electron chi connectivity index (χ4n) is 2.30. The molecular formula is C18H14Br2N4O2. The van der Waals surface area contributed by atoms with Crippen LogP contribution in [0.5, 0.6) is 5.75 Å². The summed E-state index contributed by atoms with van der Waals surface area (Å²) < 4.78 is 3.09. The average molecular weight is 478 g/mol. The molecule has 0 unspecified atom stereocenters. The van der Waals surface area contributed by atoms with E-state index in [1.165, 1.54) is 6.21 Å². The molecule has 0 fully saturated rings. The summed E-state index contributed by atoms with van der Waals surface area (Å²) in [6.07, 6.45) is 4.96. The number of amides is 1. The molecule has 0 saturated heterocycles. The van der Waals surface area contributed by atoms with Crippen molar-refractivity contribution in [2.24, 2.45) is 5.10 Å². The number of carbonyl (C=O) groups excluding carboxylic acids is 1. The van der Waals surface area contributed by atoms with Gasteiger partial charge in [-0.1, -0.05) is 28.1 Å². The number of aromatic nitrogens is 2. The predicted octanol–water partition coefficient (Wildman–Crippen LogP) is 3.93. The molecule has 0 radical (unpaired) electrons. The summed E-state index contributed by atoms with van der Waals surface area (Å²) in [5, 5.41) is 18.1. The molecular weight excluding hydrogens is 464 g/mol. The molecule has 8 heteroatoms. The van der Waals surface area contributed by atoms with E-state index in [1.54, 1.807) is 35.1 Å². The zero-order valence-electron chi connectivity index (χ0n) is 13.4. The van der Waals surface area contributed by atoms with Crippen LogP contribution in [0.15, 0.2) is 68.9 Å². The van der Waals surface area contributed by atoms with Crippen molar-refractivity contribution < 1.29 is 9.90 Å². The number of aromatic hydroxyl groups is 1. The molecule has 6 nitrogen and oxygen atoms in total. The third kappa shape index (κ3) is 4.59. The summed E-state index contributed by atoms with van der Waals surface area (Å²) in [5.74, 6) is -0.287. The first-order valence-corrected chi connectivity index (χ1v) is 9.19. The van der Waals surface area contributed by atoms with Gasteiger partial charge in [0.1, 0.15) is 5.75 Å². The normalized spacial score (nSPS) is 11.0. The summed E-state index contributed by atoms with van der Waals surface area (Å²) in [5.41, 5.74) is 4.39. The van der Waals surface area contributed by atoms with E-state index in [1.807, 2.05) is 24.4 Å². The first kappa shape index (κ1) is 18.3. The number of nitrogens with one attached hydrogen (secondary N) is 1. The molecule has 1 aromatic heterocycles. The molecule has 0 saturated carbocycles. The van der Waals surface area contributed by atoms with Gasteiger partial charge in [0.05, 0.1) is 17.2 Å². The first-order valence-electron chi connectivity index (χ1n) is 7.61. The number of carbonyl (C=O) groups is 1. The number of rotatable bonds is 5. The SMILES string of the molecule is O=C(NN=Cc1cc(Br)cc(Br)c1O)c1cccc(Cn2cccn2)c1. The second kappa shape index (κ2) is 8.29. The van der Waals surface area contributed by atoms with E-state index in [4.69, 9.17) is 0 Å². The van der Waals surface area contributed by atoms with E-state index in [2.05, 4.69) is 47.5 Å². The Kier molecular flexibility index (Phi) is 5.85. The van der Waals surface area contributed by atoms with Crippen LogP contribution in [0, 0.1) is 0 Å². The molecule has 1 heterocycles. The molecule has 3 rings (SSSR count). The van der Waals surface area contributed by atoms with E-state index in [9.17, 15) is 9.90 Å². The van der Waals surface area contributed by atoms with Crippen LogP contribution < -0.4 is 5.43 Å². The maximum Gasteiger partial charge on any atom is 0.271 e. The van der Waals surface area contributed by atoms with Gasteiger partial charge in [-0.25, -0.2) is 5.43 Å². The molecule has 0 aliphatic heterocycles. The van der Waals surface area contributed by atoms with Crippen LogP contribution in [0.3, 0.4) is 0 Å².